The minimum Gasteiger partial charge on any atom is -0.389 e. The van der Waals surface area contributed by atoms with Gasteiger partial charge in [0, 0.05) is 23.1 Å². The molecule has 0 aromatic heterocycles. The smallest absolute Gasteiger partial charge is 0.265 e. The molecule has 4 N–H and O–H groups in total. The Morgan fingerprint density at radius 3 is 2.95 bits per heavy atom. The summed E-state index contributed by atoms with van der Waals surface area (Å²) in [6.45, 7) is 4.28. The first-order valence-corrected chi connectivity index (χ1v) is 7.45. The first-order chi connectivity index (χ1) is 9.41. The lowest BCUT2D eigenvalue weighted by Crippen LogP contribution is -2.45. The Kier molecular flexibility index (Phi) is 4.80. The van der Waals surface area contributed by atoms with E-state index in [4.69, 9.17) is 5.84 Å². The van der Waals surface area contributed by atoms with E-state index in [9.17, 15) is 9.90 Å². The molecule has 1 saturated heterocycles. The summed E-state index contributed by atoms with van der Waals surface area (Å²) in [6.07, 6.45) is 1.85. The van der Waals surface area contributed by atoms with Crippen molar-refractivity contribution in [1.82, 2.24) is 10.3 Å². The van der Waals surface area contributed by atoms with E-state index in [-0.39, 0.29) is 5.91 Å². The highest BCUT2D eigenvalue weighted by atomic mass is 79.9. The fourth-order valence-electron chi connectivity index (χ4n) is 2.60. The van der Waals surface area contributed by atoms with Crippen LogP contribution in [0.15, 0.2) is 22.7 Å². The first-order valence-electron chi connectivity index (χ1n) is 6.65. The van der Waals surface area contributed by atoms with Crippen LogP contribution in [0.5, 0.6) is 0 Å². The lowest BCUT2D eigenvalue weighted by molar-refractivity contribution is -0.0182. The Morgan fingerprint density at radius 2 is 2.35 bits per heavy atom. The summed E-state index contributed by atoms with van der Waals surface area (Å²) in [4.78, 5) is 13.7. The van der Waals surface area contributed by atoms with Gasteiger partial charge in [-0.2, -0.15) is 0 Å². The van der Waals surface area contributed by atoms with Crippen LogP contribution in [0.1, 0.15) is 35.7 Å². The van der Waals surface area contributed by atoms with Gasteiger partial charge in [-0.3, -0.25) is 15.1 Å². The molecule has 2 rings (SSSR count). The number of benzene rings is 1. The van der Waals surface area contributed by atoms with Crippen LogP contribution in [0, 0.1) is 0 Å². The van der Waals surface area contributed by atoms with E-state index in [0.717, 1.165) is 36.0 Å². The molecule has 1 aliphatic heterocycles. The number of amides is 1. The van der Waals surface area contributed by atoms with Gasteiger partial charge in [-0.1, -0.05) is 22.0 Å². The quantitative estimate of drug-likeness (QED) is 0.441. The summed E-state index contributed by atoms with van der Waals surface area (Å²) in [6, 6.07) is 5.43. The Balaban J connectivity index is 2.08. The van der Waals surface area contributed by atoms with Gasteiger partial charge in [0.1, 0.15) is 0 Å². The van der Waals surface area contributed by atoms with E-state index >= 15 is 0 Å². The molecule has 110 valence electrons. The van der Waals surface area contributed by atoms with Crippen LogP contribution in [0.25, 0.3) is 0 Å². The molecule has 1 unspecified atom stereocenters. The second kappa shape index (κ2) is 6.22. The Labute approximate surface area is 127 Å². The number of nitrogens with one attached hydrogen (secondary N) is 1. The molecule has 1 fully saturated rings. The number of likely N-dealkylation sites (tertiary alicyclic amines) is 1. The third-order valence-electron chi connectivity index (χ3n) is 3.59. The highest BCUT2D eigenvalue weighted by molar-refractivity contribution is 9.10. The average molecular weight is 342 g/mol. The number of nitrogen functional groups attached to an aromatic ring is 1. The van der Waals surface area contributed by atoms with Gasteiger partial charge in [0.2, 0.25) is 0 Å². The lowest BCUT2D eigenvalue weighted by Gasteiger charge is -2.37. The van der Waals surface area contributed by atoms with Gasteiger partial charge in [0.25, 0.3) is 5.91 Å². The van der Waals surface area contributed by atoms with Gasteiger partial charge in [0.05, 0.1) is 5.60 Å². The summed E-state index contributed by atoms with van der Waals surface area (Å²) in [5, 5.41) is 10.1. The molecule has 1 aromatic rings. The van der Waals surface area contributed by atoms with E-state index in [0.29, 0.717) is 12.1 Å². The summed E-state index contributed by atoms with van der Waals surface area (Å²) < 4.78 is 0.879. The minimum atomic E-state index is -0.607. The molecular weight excluding hydrogens is 322 g/mol. The molecule has 5 nitrogen and oxygen atoms in total. The summed E-state index contributed by atoms with van der Waals surface area (Å²) in [7, 11) is 0. The molecular formula is C14H20BrN3O2. The van der Waals surface area contributed by atoms with Crippen molar-refractivity contribution < 1.29 is 9.90 Å². The number of halogens is 1. The van der Waals surface area contributed by atoms with Crippen LogP contribution in [0.3, 0.4) is 0 Å². The number of carbonyl (C=O) groups excluding carboxylic acids is 1. The number of rotatable bonds is 3. The topological polar surface area (TPSA) is 78.6 Å². The van der Waals surface area contributed by atoms with Crippen molar-refractivity contribution in [3.05, 3.63) is 33.8 Å². The number of aliphatic hydroxyl groups is 1. The number of β-amino-alcohol motifs (C(OH)–C–C–N with tert-alkyl or cyclic N) is 1. The third-order valence-corrected chi connectivity index (χ3v) is 4.33. The van der Waals surface area contributed by atoms with Crippen LogP contribution in [0.4, 0.5) is 0 Å². The van der Waals surface area contributed by atoms with Crippen molar-refractivity contribution in [1.29, 1.82) is 0 Å². The normalized spacial score (nSPS) is 23.6. The maximum Gasteiger partial charge on any atom is 0.265 e. The predicted octanol–water partition coefficient (Wildman–Crippen LogP) is 1.40. The zero-order valence-corrected chi connectivity index (χ0v) is 13.1. The molecule has 1 aliphatic rings. The molecule has 1 aromatic carbocycles. The van der Waals surface area contributed by atoms with Crippen LogP contribution in [-0.4, -0.2) is 34.6 Å². The molecule has 1 amide bonds. The zero-order chi connectivity index (χ0) is 14.8. The van der Waals surface area contributed by atoms with Gasteiger partial charge in [-0.05, 0) is 44.0 Å². The van der Waals surface area contributed by atoms with Gasteiger partial charge < -0.3 is 5.11 Å². The lowest BCUT2D eigenvalue weighted by atomic mass is 9.95. The Hall–Kier alpha value is -0.950. The molecule has 1 heterocycles. The van der Waals surface area contributed by atoms with Crippen molar-refractivity contribution >= 4 is 21.8 Å². The highest BCUT2D eigenvalue weighted by Gasteiger charge is 2.28. The molecule has 0 aliphatic carbocycles. The van der Waals surface area contributed by atoms with Crippen molar-refractivity contribution in [2.75, 3.05) is 13.1 Å². The zero-order valence-electron chi connectivity index (χ0n) is 11.5. The van der Waals surface area contributed by atoms with E-state index in [2.05, 4.69) is 26.3 Å². The SMILES string of the molecule is CC1(O)CCCN(Cc2ccc(C(=O)NN)cc2Br)C1. The Morgan fingerprint density at radius 1 is 1.60 bits per heavy atom. The van der Waals surface area contributed by atoms with Crippen LogP contribution in [-0.2, 0) is 6.54 Å². The summed E-state index contributed by atoms with van der Waals surface area (Å²) in [5.41, 5.74) is 3.13. The van der Waals surface area contributed by atoms with Crippen molar-refractivity contribution in [2.24, 2.45) is 5.84 Å². The monoisotopic (exact) mass is 341 g/mol. The maximum absolute atomic E-state index is 11.5. The van der Waals surface area contributed by atoms with Crippen molar-refractivity contribution in [2.45, 2.75) is 31.9 Å². The predicted molar refractivity (Wildman–Crippen MR) is 80.9 cm³/mol. The molecule has 20 heavy (non-hydrogen) atoms. The van der Waals surface area contributed by atoms with Crippen LogP contribution >= 0.6 is 15.9 Å². The van der Waals surface area contributed by atoms with E-state index in [1.54, 1.807) is 12.1 Å². The fourth-order valence-corrected chi connectivity index (χ4v) is 3.10. The average Bonchev–Trinajstić information content (AvgIpc) is 2.39. The first kappa shape index (κ1) is 15.4. The third kappa shape index (κ3) is 3.79. The van der Waals surface area contributed by atoms with Crippen molar-refractivity contribution in [3.63, 3.8) is 0 Å². The van der Waals surface area contributed by atoms with Gasteiger partial charge >= 0.3 is 0 Å². The van der Waals surface area contributed by atoms with E-state index in [1.807, 2.05) is 13.0 Å². The maximum atomic E-state index is 11.5. The van der Waals surface area contributed by atoms with Crippen molar-refractivity contribution in [3.8, 4) is 0 Å². The number of hydrazine groups is 1. The molecule has 0 bridgehead atoms. The van der Waals surface area contributed by atoms with Crippen LogP contribution < -0.4 is 11.3 Å². The number of piperidine rings is 1. The van der Waals surface area contributed by atoms with Crippen LogP contribution in [0.2, 0.25) is 0 Å². The molecule has 0 spiro atoms. The molecule has 1 atom stereocenters. The second-order valence-corrected chi connectivity index (χ2v) is 6.45. The number of hydrogen-bond acceptors (Lipinski definition) is 4. The van der Waals surface area contributed by atoms with Gasteiger partial charge in [-0.25, -0.2) is 5.84 Å². The molecule has 0 radical (unpaired) electrons. The number of nitrogens with two attached hydrogens (primary N) is 1. The minimum absolute atomic E-state index is 0.307. The fraction of sp³-hybridized carbons (Fsp3) is 0.500. The Bertz CT molecular complexity index is 505. The molecule has 6 heteroatoms. The summed E-state index contributed by atoms with van der Waals surface area (Å²) in [5.74, 6) is 4.81. The highest BCUT2D eigenvalue weighted by Crippen LogP contribution is 2.25. The second-order valence-electron chi connectivity index (χ2n) is 5.59. The standard InChI is InChI=1S/C14H20BrN3O2/c1-14(20)5-2-6-18(9-14)8-11-4-3-10(7-12(11)15)13(19)17-16/h3-4,7,20H,2,5-6,8-9,16H2,1H3,(H,17,19). The summed E-state index contributed by atoms with van der Waals surface area (Å²) >= 11 is 3.49. The van der Waals surface area contributed by atoms with E-state index in [1.165, 1.54) is 0 Å². The number of hydrogen-bond donors (Lipinski definition) is 3. The molecule has 0 saturated carbocycles. The van der Waals surface area contributed by atoms with Gasteiger partial charge in [0.15, 0.2) is 0 Å². The number of carbonyl (C=O) groups is 1. The van der Waals surface area contributed by atoms with Gasteiger partial charge in [-0.15, -0.1) is 0 Å². The number of nitrogens with zero attached hydrogens (tertiary/aromatic N) is 1. The van der Waals surface area contributed by atoms with E-state index < -0.39 is 5.60 Å². The largest absolute Gasteiger partial charge is 0.389 e.